The van der Waals surface area contributed by atoms with Crippen molar-refractivity contribution in [1.29, 1.82) is 0 Å². The minimum atomic E-state index is 0.0779. The molecular formula is C17H30N2O2. The summed E-state index contributed by atoms with van der Waals surface area (Å²) in [6.07, 6.45) is 7.93. The van der Waals surface area contributed by atoms with Crippen molar-refractivity contribution in [2.45, 2.75) is 71.3 Å². The molecule has 2 unspecified atom stereocenters. The number of likely N-dealkylation sites (tertiary alicyclic amines) is 2. The summed E-state index contributed by atoms with van der Waals surface area (Å²) in [5.74, 6) is 0.668. The molecule has 2 fully saturated rings. The molecular weight excluding hydrogens is 264 g/mol. The molecule has 0 radical (unpaired) electrons. The van der Waals surface area contributed by atoms with Gasteiger partial charge in [0.1, 0.15) is 0 Å². The second-order valence-corrected chi connectivity index (χ2v) is 6.62. The minimum absolute atomic E-state index is 0.0779. The van der Waals surface area contributed by atoms with Crippen LogP contribution in [0.1, 0.15) is 65.2 Å². The lowest BCUT2D eigenvalue weighted by molar-refractivity contribution is -0.138. The molecule has 0 N–H and O–H groups in total. The van der Waals surface area contributed by atoms with Crippen molar-refractivity contribution >= 4 is 11.8 Å². The number of nitrogens with zero attached hydrogens (tertiary/aromatic N) is 2. The Morgan fingerprint density at radius 1 is 1.10 bits per heavy atom. The lowest BCUT2D eigenvalue weighted by Gasteiger charge is -2.31. The second-order valence-electron chi connectivity index (χ2n) is 6.62. The smallest absolute Gasteiger partial charge is 0.225 e. The molecule has 2 aliphatic heterocycles. The van der Waals surface area contributed by atoms with Gasteiger partial charge in [0.2, 0.25) is 11.8 Å². The maximum atomic E-state index is 12.6. The van der Waals surface area contributed by atoms with Crippen LogP contribution in [-0.2, 0) is 9.59 Å². The highest BCUT2D eigenvalue weighted by Gasteiger charge is 2.29. The molecule has 2 aliphatic rings. The third-order valence-electron chi connectivity index (χ3n) is 5.03. The molecule has 0 aromatic heterocycles. The van der Waals surface area contributed by atoms with Crippen LogP contribution >= 0.6 is 0 Å². The molecule has 0 bridgehead atoms. The van der Waals surface area contributed by atoms with E-state index in [0.29, 0.717) is 12.3 Å². The third kappa shape index (κ3) is 4.21. The molecule has 0 spiro atoms. The number of carbonyl (C=O) groups excluding carboxylic acids is 2. The summed E-state index contributed by atoms with van der Waals surface area (Å²) in [7, 11) is 0. The van der Waals surface area contributed by atoms with Crippen LogP contribution < -0.4 is 0 Å². The van der Waals surface area contributed by atoms with Crippen molar-refractivity contribution in [2.24, 2.45) is 5.92 Å². The SMILES string of the molecule is CCC(CC(C)N1CCCCCC1=O)C(=O)N1CCCC1. The summed E-state index contributed by atoms with van der Waals surface area (Å²) in [6, 6.07) is 0.187. The topological polar surface area (TPSA) is 40.6 Å². The predicted molar refractivity (Wildman–Crippen MR) is 83.9 cm³/mol. The van der Waals surface area contributed by atoms with E-state index in [1.165, 1.54) is 0 Å². The molecule has 0 aliphatic carbocycles. The van der Waals surface area contributed by atoms with Gasteiger partial charge in [0.25, 0.3) is 0 Å². The molecule has 2 amide bonds. The zero-order chi connectivity index (χ0) is 15.2. The first-order valence-corrected chi connectivity index (χ1v) is 8.71. The van der Waals surface area contributed by atoms with Gasteiger partial charge in [0, 0.05) is 38.0 Å². The minimum Gasteiger partial charge on any atom is -0.342 e. The maximum Gasteiger partial charge on any atom is 0.225 e. The van der Waals surface area contributed by atoms with Gasteiger partial charge in [-0.15, -0.1) is 0 Å². The summed E-state index contributed by atoms with van der Waals surface area (Å²) in [6.45, 7) is 6.92. The Kier molecular flexibility index (Phi) is 6.07. The van der Waals surface area contributed by atoms with Crippen molar-refractivity contribution in [3.63, 3.8) is 0 Å². The van der Waals surface area contributed by atoms with Crippen LogP contribution in [0.4, 0.5) is 0 Å². The van der Waals surface area contributed by atoms with Crippen molar-refractivity contribution in [1.82, 2.24) is 9.80 Å². The van der Waals surface area contributed by atoms with Gasteiger partial charge in [0.15, 0.2) is 0 Å². The maximum absolute atomic E-state index is 12.6. The van der Waals surface area contributed by atoms with Crippen molar-refractivity contribution in [3.05, 3.63) is 0 Å². The monoisotopic (exact) mass is 294 g/mol. The van der Waals surface area contributed by atoms with E-state index in [2.05, 4.69) is 13.8 Å². The Hall–Kier alpha value is -1.06. The summed E-state index contributed by atoms with van der Waals surface area (Å²) >= 11 is 0. The number of hydrogen-bond donors (Lipinski definition) is 0. The predicted octanol–water partition coefficient (Wildman–Crippen LogP) is 2.82. The van der Waals surface area contributed by atoms with Crippen LogP contribution in [0.2, 0.25) is 0 Å². The first kappa shape index (κ1) is 16.3. The lowest BCUT2D eigenvalue weighted by Crippen LogP contribution is -2.42. The van der Waals surface area contributed by atoms with Gasteiger partial charge in [-0.2, -0.15) is 0 Å². The molecule has 4 nitrogen and oxygen atoms in total. The summed E-state index contributed by atoms with van der Waals surface area (Å²) in [4.78, 5) is 28.8. The molecule has 2 atom stereocenters. The van der Waals surface area contributed by atoms with Crippen molar-refractivity contribution in [2.75, 3.05) is 19.6 Å². The van der Waals surface area contributed by atoms with Gasteiger partial charge in [-0.3, -0.25) is 9.59 Å². The van der Waals surface area contributed by atoms with E-state index in [0.717, 1.165) is 64.6 Å². The first-order valence-electron chi connectivity index (χ1n) is 8.71. The van der Waals surface area contributed by atoms with Gasteiger partial charge < -0.3 is 9.80 Å². The van der Waals surface area contributed by atoms with E-state index in [-0.39, 0.29) is 17.9 Å². The third-order valence-corrected chi connectivity index (χ3v) is 5.03. The molecule has 4 heteroatoms. The van der Waals surface area contributed by atoms with Crippen molar-refractivity contribution in [3.8, 4) is 0 Å². The van der Waals surface area contributed by atoms with Gasteiger partial charge in [-0.1, -0.05) is 13.3 Å². The Morgan fingerprint density at radius 2 is 1.76 bits per heavy atom. The summed E-state index contributed by atoms with van der Waals surface area (Å²) in [5.41, 5.74) is 0. The Labute approximate surface area is 128 Å². The average molecular weight is 294 g/mol. The van der Waals surface area contributed by atoms with E-state index >= 15 is 0 Å². The van der Waals surface area contributed by atoms with E-state index in [9.17, 15) is 9.59 Å². The zero-order valence-electron chi connectivity index (χ0n) is 13.6. The molecule has 2 heterocycles. The zero-order valence-corrected chi connectivity index (χ0v) is 13.6. The van der Waals surface area contributed by atoms with E-state index in [4.69, 9.17) is 0 Å². The molecule has 21 heavy (non-hydrogen) atoms. The summed E-state index contributed by atoms with van der Waals surface area (Å²) < 4.78 is 0. The Morgan fingerprint density at radius 3 is 2.43 bits per heavy atom. The van der Waals surface area contributed by atoms with Crippen molar-refractivity contribution < 1.29 is 9.59 Å². The van der Waals surface area contributed by atoms with E-state index in [1.807, 2.05) is 9.80 Å². The molecule has 0 aromatic rings. The lowest BCUT2D eigenvalue weighted by atomic mass is 9.95. The average Bonchev–Trinajstić information content (AvgIpc) is 2.93. The standard InChI is InChI=1S/C17H30N2O2/c1-3-15(17(21)18-10-7-8-11-18)13-14(2)19-12-6-4-5-9-16(19)20/h14-15H,3-13H2,1-2H3. The van der Waals surface area contributed by atoms with Gasteiger partial charge in [-0.05, 0) is 45.4 Å². The van der Waals surface area contributed by atoms with Gasteiger partial charge in [0.05, 0.1) is 0 Å². The number of carbonyl (C=O) groups is 2. The van der Waals surface area contributed by atoms with E-state index in [1.54, 1.807) is 0 Å². The van der Waals surface area contributed by atoms with Crippen LogP contribution in [-0.4, -0.2) is 47.3 Å². The number of hydrogen-bond acceptors (Lipinski definition) is 2. The summed E-state index contributed by atoms with van der Waals surface area (Å²) in [5, 5.41) is 0. The number of amides is 2. The van der Waals surface area contributed by atoms with Crippen LogP contribution in [0.5, 0.6) is 0 Å². The fourth-order valence-corrected chi connectivity index (χ4v) is 3.65. The van der Waals surface area contributed by atoms with Crippen LogP contribution in [0.25, 0.3) is 0 Å². The second kappa shape index (κ2) is 7.81. The molecule has 120 valence electrons. The highest BCUT2D eigenvalue weighted by molar-refractivity contribution is 5.79. The number of rotatable bonds is 5. The first-order chi connectivity index (χ1) is 10.1. The van der Waals surface area contributed by atoms with E-state index < -0.39 is 0 Å². The Bertz CT molecular complexity index is 364. The fraction of sp³-hybridized carbons (Fsp3) is 0.882. The Balaban J connectivity index is 1.93. The van der Waals surface area contributed by atoms with Crippen LogP contribution in [0, 0.1) is 5.92 Å². The van der Waals surface area contributed by atoms with Crippen LogP contribution in [0.3, 0.4) is 0 Å². The van der Waals surface area contributed by atoms with Gasteiger partial charge >= 0.3 is 0 Å². The largest absolute Gasteiger partial charge is 0.342 e. The molecule has 2 saturated heterocycles. The normalized spacial score (nSPS) is 23.0. The highest BCUT2D eigenvalue weighted by Crippen LogP contribution is 2.23. The van der Waals surface area contributed by atoms with Crippen LogP contribution in [0.15, 0.2) is 0 Å². The van der Waals surface area contributed by atoms with Gasteiger partial charge in [-0.25, -0.2) is 0 Å². The molecule has 2 rings (SSSR count). The quantitative estimate of drug-likeness (QED) is 0.782. The highest BCUT2D eigenvalue weighted by atomic mass is 16.2. The molecule has 0 aromatic carbocycles. The molecule has 0 saturated carbocycles. The fourth-order valence-electron chi connectivity index (χ4n) is 3.65.